The van der Waals surface area contributed by atoms with E-state index in [1.165, 1.54) is 0 Å². The number of oxime groups is 1. The Kier molecular flexibility index (Phi) is 7.15. The third-order valence-corrected chi connectivity index (χ3v) is 5.39. The molecule has 0 atom stereocenters. The molecule has 0 saturated carbocycles. The highest BCUT2D eigenvalue weighted by Crippen LogP contribution is 2.15. The van der Waals surface area contributed by atoms with Crippen molar-refractivity contribution in [1.29, 1.82) is 0 Å². The van der Waals surface area contributed by atoms with Gasteiger partial charge in [-0.05, 0) is 24.6 Å². The van der Waals surface area contributed by atoms with Crippen molar-refractivity contribution in [2.45, 2.75) is 13.5 Å². The lowest BCUT2D eigenvalue weighted by Gasteiger charge is -2.21. The van der Waals surface area contributed by atoms with Crippen LogP contribution in [0.15, 0.2) is 64.9 Å². The van der Waals surface area contributed by atoms with Crippen LogP contribution in [-0.4, -0.2) is 42.0 Å². The zero-order chi connectivity index (χ0) is 21.4. The molecule has 0 fully saturated rings. The number of methoxy groups -OCH3 is 1. The van der Waals surface area contributed by atoms with Crippen LogP contribution in [0.4, 0.5) is 10.5 Å². The Bertz CT molecular complexity index is 1000. The van der Waals surface area contributed by atoms with Gasteiger partial charge in [0.05, 0.1) is 19.3 Å². The number of nitrogens with zero attached hydrogens (tertiary/aromatic N) is 3. The van der Waals surface area contributed by atoms with Crippen molar-refractivity contribution in [3.05, 3.63) is 65.7 Å². The fourth-order valence-corrected chi connectivity index (χ4v) is 3.50. The summed E-state index contributed by atoms with van der Waals surface area (Å²) in [7, 11) is -3.59. The third-order valence-electron chi connectivity index (χ3n) is 3.75. The van der Waals surface area contributed by atoms with Gasteiger partial charge in [0.25, 0.3) is 10.0 Å². The van der Waals surface area contributed by atoms with Gasteiger partial charge in [0.2, 0.25) is 10.9 Å². The molecular formula is C18H21N5O5S. The van der Waals surface area contributed by atoms with E-state index in [0.717, 1.165) is 12.7 Å². The van der Waals surface area contributed by atoms with Gasteiger partial charge < -0.3 is 15.7 Å². The van der Waals surface area contributed by atoms with E-state index in [4.69, 9.17) is 10.9 Å². The van der Waals surface area contributed by atoms with Crippen molar-refractivity contribution < 1.29 is 23.2 Å². The van der Waals surface area contributed by atoms with E-state index in [1.807, 2.05) is 6.92 Å². The average Bonchev–Trinajstić information content (AvgIpc) is 2.73. The van der Waals surface area contributed by atoms with Gasteiger partial charge in [-0.3, -0.25) is 5.43 Å². The predicted molar refractivity (Wildman–Crippen MR) is 109 cm³/mol. The summed E-state index contributed by atoms with van der Waals surface area (Å²) in [4.78, 5) is 12.2. The topological polar surface area (TPSA) is 147 Å². The molecule has 10 nitrogen and oxygen atoms in total. The number of hydrazone groups is 1. The Morgan fingerprint density at radius 3 is 2.34 bits per heavy atom. The fraction of sp³-hybridized carbons (Fsp3) is 0.167. The van der Waals surface area contributed by atoms with Crippen LogP contribution in [0.25, 0.3) is 0 Å². The van der Waals surface area contributed by atoms with E-state index in [9.17, 15) is 13.2 Å². The second-order valence-electron chi connectivity index (χ2n) is 5.85. The maximum atomic E-state index is 13.1. The van der Waals surface area contributed by atoms with Crippen LogP contribution in [-0.2, 0) is 21.3 Å². The molecule has 0 unspecified atom stereocenters. The molecule has 0 aliphatic rings. The van der Waals surface area contributed by atoms with Gasteiger partial charge in [-0.2, -0.15) is 17.8 Å². The number of hydrogen-bond donors (Lipinski definition) is 3. The molecule has 0 radical (unpaired) electrons. The lowest BCUT2D eigenvalue weighted by Crippen LogP contribution is -2.45. The number of anilines is 1. The first kappa shape index (κ1) is 21.7. The Labute approximate surface area is 168 Å². The van der Waals surface area contributed by atoms with E-state index >= 15 is 0 Å². The fourth-order valence-electron chi connectivity index (χ4n) is 2.24. The quantitative estimate of drug-likeness (QED) is 0.297. The van der Waals surface area contributed by atoms with Gasteiger partial charge in [0.1, 0.15) is 0 Å². The molecule has 154 valence electrons. The first-order valence-electron chi connectivity index (χ1n) is 8.32. The predicted octanol–water partition coefficient (Wildman–Crippen LogP) is 2.07. The van der Waals surface area contributed by atoms with Crippen molar-refractivity contribution in [3.8, 4) is 0 Å². The summed E-state index contributed by atoms with van der Waals surface area (Å²) in [5.74, 6) is -0.799. The summed E-state index contributed by atoms with van der Waals surface area (Å²) in [6, 6.07) is 15.3. The summed E-state index contributed by atoms with van der Waals surface area (Å²) in [5.41, 5.74) is 10.0. The minimum atomic E-state index is -4.63. The Hall–Kier alpha value is -3.60. The second-order valence-corrected chi connectivity index (χ2v) is 7.62. The molecule has 0 heterocycles. The van der Waals surface area contributed by atoms with Crippen molar-refractivity contribution in [1.82, 2.24) is 4.31 Å². The molecule has 0 aliphatic heterocycles. The monoisotopic (exact) mass is 419 g/mol. The summed E-state index contributed by atoms with van der Waals surface area (Å²) in [6.07, 6.45) is -1.15. The van der Waals surface area contributed by atoms with Crippen LogP contribution in [0.1, 0.15) is 11.1 Å². The number of rotatable bonds is 4. The van der Waals surface area contributed by atoms with Crippen molar-refractivity contribution >= 4 is 32.7 Å². The van der Waals surface area contributed by atoms with Gasteiger partial charge in [0.15, 0.2) is 0 Å². The lowest BCUT2D eigenvalue weighted by atomic mass is 10.2. The molecule has 0 aliphatic carbocycles. The second kappa shape index (κ2) is 9.55. The molecule has 0 saturated heterocycles. The summed E-state index contributed by atoms with van der Waals surface area (Å²) in [5, 5.41) is 14.7. The largest absolute Gasteiger partial charge is 0.452 e. The lowest BCUT2D eigenvalue weighted by molar-refractivity contribution is 0.148. The van der Waals surface area contributed by atoms with Crippen molar-refractivity contribution in [3.63, 3.8) is 0 Å². The average molecular weight is 419 g/mol. The number of sulfonamides is 1. The van der Waals surface area contributed by atoms with E-state index in [1.54, 1.807) is 54.6 Å². The number of ether oxygens (including phenoxy) is 1. The first-order valence-corrected chi connectivity index (χ1v) is 9.76. The number of amidine groups is 1. The number of aryl methyl sites for hydroxylation is 1. The van der Waals surface area contributed by atoms with Gasteiger partial charge in [-0.25, -0.2) is 4.79 Å². The maximum Gasteiger partial charge on any atom is 0.423 e. The number of carbonyl (C=O) groups excluding carboxylic acids is 1. The third kappa shape index (κ3) is 5.45. The number of hydrogen-bond acceptors (Lipinski definition) is 8. The molecule has 4 N–H and O–H groups in total. The number of amides is 1. The minimum Gasteiger partial charge on any atom is -0.452 e. The molecule has 1 amide bonds. The van der Waals surface area contributed by atoms with Crippen LogP contribution in [0, 0.1) is 6.92 Å². The Balaban J connectivity index is 2.45. The van der Waals surface area contributed by atoms with Gasteiger partial charge in [0, 0.05) is 0 Å². The molecule has 2 rings (SSSR count). The summed E-state index contributed by atoms with van der Waals surface area (Å²) >= 11 is 0. The highest BCUT2D eigenvalue weighted by atomic mass is 32.2. The molecule has 29 heavy (non-hydrogen) atoms. The van der Waals surface area contributed by atoms with Crippen LogP contribution in [0.5, 0.6) is 0 Å². The normalized spacial score (nSPS) is 12.3. The molecule has 0 spiro atoms. The molecule has 0 aromatic heterocycles. The number of nitrogens with two attached hydrogens (primary N) is 1. The van der Waals surface area contributed by atoms with Gasteiger partial charge >= 0.3 is 6.09 Å². The molecule has 2 aromatic carbocycles. The van der Waals surface area contributed by atoms with Crippen molar-refractivity contribution in [2.24, 2.45) is 16.0 Å². The van der Waals surface area contributed by atoms with E-state index < -0.39 is 27.0 Å². The van der Waals surface area contributed by atoms with Crippen LogP contribution in [0.3, 0.4) is 0 Å². The highest BCUT2D eigenvalue weighted by molar-refractivity contribution is 8.06. The molecular weight excluding hydrogens is 398 g/mol. The molecule has 2 aromatic rings. The van der Waals surface area contributed by atoms with Crippen molar-refractivity contribution in [2.75, 3.05) is 12.5 Å². The zero-order valence-corrected chi connectivity index (χ0v) is 16.6. The van der Waals surface area contributed by atoms with Crippen LogP contribution in [0.2, 0.25) is 0 Å². The number of nitrogens with one attached hydrogen (secondary N) is 1. The van der Waals surface area contributed by atoms with Gasteiger partial charge in [-0.15, -0.1) is 0 Å². The molecule has 11 heteroatoms. The SMILES string of the molecule is COC(=O)N(Cc1ccccc1)S(=O)(=O)C(=NNc1ccc(C)cc1)C(N)=NO. The van der Waals surface area contributed by atoms with E-state index in [-0.39, 0.29) is 6.54 Å². The van der Waals surface area contributed by atoms with E-state index in [2.05, 4.69) is 20.4 Å². The van der Waals surface area contributed by atoms with Crippen LogP contribution >= 0.6 is 0 Å². The Morgan fingerprint density at radius 2 is 1.79 bits per heavy atom. The number of carbonyl (C=O) groups is 1. The smallest absolute Gasteiger partial charge is 0.423 e. The van der Waals surface area contributed by atoms with Crippen LogP contribution < -0.4 is 11.2 Å². The van der Waals surface area contributed by atoms with Gasteiger partial charge in [-0.1, -0.05) is 53.2 Å². The summed E-state index contributed by atoms with van der Waals surface area (Å²) < 4.78 is 31.2. The standard InChI is InChI=1S/C18H21N5O5S/c1-13-8-10-15(11-9-13)20-21-17(16(19)22-25)29(26,27)23(18(24)28-2)12-14-6-4-3-5-7-14/h3-11,20,25H,12H2,1-2H3,(H2,19,22). The molecule has 0 bridgehead atoms. The zero-order valence-electron chi connectivity index (χ0n) is 15.8. The maximum absolute atomic E-state index is 13.1. The first-order chi connectivity index (χ1) is 13.8. The minimum absolute atomic E-state index is 0.335. The highest BCUT2D eigenvalue weighted by Gasteiger charge is 2.36. The van der Waals surface area contributed by atoms with E-state index in [0.29, 0.717) is 15.6 Å². The Morgan fingerprint density at radius 1 is 1.17 bits per heavy atom. The summed E-state index contributed by atoms with van der Waals surface area (Å²) in [6.45, 7) is 1.55. The number of benzene rings is 2.